The smallest absolute Gasteiger partial charge is 0.329 e. The lowest BCUT2D eigenvalue weighted by Gasteiger charge is -2.09. The van der Waals surface area contributed by atoms with Crippen LogP contribution in [0.3, 0.4) is 0 Å². The maximum Gasteiger partial charge on any atom is 0.329 e. The second-order valence-corrected chi connectivity index (χ2v) is 6.68. The lowest BCUT2D eigenvalue weighted by molar-refractivity contribution is -0.384. The molecule has 9 nitrogen and oxygen atoms in total. The number of aromatic nitrogens is 4. The highest BCUT2D eigenvalue weighted by molar-refractivity contribution is 5.75. The maximum absolute atomic E-state index is 11.1. The topological polar surface area (TPSA) is 111 Å². The molecule has 0 radical (unpaired) electrons. The molecule has 0 amide bonds. The van der Waals surface area contributed by atoms with Gasteiger partial charge in [0.15, 0.2) is 0 Å². The molecule has 1 aliphatic carbocycles. The summed E-state index contributed by atoms with van der Waals surface area (Å²) in [6.07, 6.45) is 4.14. The van der Waals surface area contributed by atoms with Gasteiger partial charge < -0.3 is 15.2 Å². The molecule has 2 N–H and O–H groups in total. The van der Waals surface area contributed by atoms with E-state index in [0.717, 1.165) is 42.7 Å². The molecule has 27 heavy (non-hydrogen) atoms. The monoisotopic (exact) mass is 367 g/mol. The van der Waals surface area contributed by atoms with Crippen LogP contribution in [0.15, 0.2) is 30.5 Å². The molecule has 0 atom stereocenters. The SMILES string of the molecule is Cc1nc2ccccc2n1CCCNc1ncc([N+](=O)[O-])c(NC2CC2)n1. The number of imidazole rings is 1. The van der Waals surface area contributed by atoms with Gasteiger partial charge >= 0.3 is 5.69 Å². The van der Waals surface area contributed by atoms with Crippen molar-refractivity contribution in [1.82, 2.24) is 19.5 Å². The average Bonchev–Trinajstić information content (AvgIpc) is 3.40. The molecule has 140 valence electrons. The third kappa shape index (κ3) is 3.81. The number of benzene rings is 1. The Bertz CT molecular complexity index is 981. The van der Waals surface area contributed by atoms with E-state index in [-0.39, 0.29) is 17.5 Å². The summed E-state index contributed by atoms with van der Waals surface area (Å²) < 4.78 is 2.19. The van der Waals surface area contributed by atoms with Crippen molar-refractivity contribution in [3.8, 4) is 0 Å². The molecule has 0 aliphatic heterocycles. The summed E-state index contributed by atoms with van der Waals surface area (Å²) in [5.74, 6) is 1.67. The van der Waals surface area contributed by atoms with Crippen LogP contribution in [-0.4, -0.2) is 37.0 Å². The fourth-order valence-corrected chi connectivity index (χ4v) is 3.04. The van der Waals surface area contributed by atoms with Crippen LogP contribution < -0.4 is 10.6 Å². The molecule has 0 bridgehead atoms. The Hall–Kier alpha value is -3.23. The van der Waals surface area contributed by atoms with Gasteiger partial charge in [-0.1, -0.05) is 12.1 Å². The first-order valence-corrected chi connectivity index (χ1v) is 9.05. The van der Waals surface area contributed by atoms with Gasteiger partial charge in [-0.25, -0.2) is 9.97 Å². The Labute approximate surface area is 156 Å². The van der Waals surface area contributed by atoms with E-state index in [2.05, 4.69) is 36.2 Å². The number of rotatable bonds is 8. The third-order valence-electron chi connectivity index (χ3n) is 4.57. The summed E-state index contributed by atoms with van der Waals surface area (Å²) >= 11 is 0. The van der Waals surface area contributed by atoms with E-state index in [1.807, 2.05) is 25.1 Å². The largest absolute Gasteiger partial charge is 0.361 e. The number of nitro groups is 1. The van der Waals surface area contributed by atoms with Crippen LogP contribution >= 0.6 is 0 Å². The first-order chi connectivity index (χ1) is 13.1. The van der Waals surface area contributed by atoms with Crippen LogP contribution in [0.5, 0.6) is 0 Å². The standard InChI is InChI=1S/C18H21N7O2/c1-12-21-14-5-2-3-6-15(14)24(12)10-4-9-19-18-20-11-16(25(26)27)17(23-18)22-13-7-8-13/h2-3,5-6,11,13H,4,7-10H2,1H3,(H2,19,20,22,23). The molecule has 0 unspecified atom stereocenters. The molecule has 4 rings (SSSR count). The Kier molecular flexibility index (Phi) is 4.57. The highest BCUT2D eigenvalue weighted by Crippen LogP contribution is 2.29. The molecule has 0 saturated heterocycles. The number of nitrogens with zero attached hydrogens (tertiary/aromatic N) is 5. The highest BCUT2D eigenvalue weighted by Gasteiger charge is 2.26. The summed E-state index contributed by atoms with van der Waals surface area (Å²) in [6, 6.07) is 8.36. The van der Waals surface area contributed by atoms with Crippen molar-refractivity contribution in [2.24, 2.45) is 0 Å². The summed E-state index contributed by atoms with van der Waals surface area (Å²) in [4.78, 5) is 23.6. The molecule has 2 aromatic heterocycles. The van der Waals surface area contributed by atoms with Crippen LogP contribution in [0.25, 0.3) is 11.0 Å². The second-order valence-electron chi connectivity index (χ2n) is 6.68. The van der Waals surface area contributed by atoms with E-state index in [1.165, 1.54) is 6.20 Å². The van der Waals surface area contributed by atoms with Crippen LogP contribution in [0, 0.1) is 17.0 Å². The summed E-state index contributed by atoms with van der Waals surface area (Å²) in [6.45, 7) is 3.48. The third-order valence-corrected chi connectivity index (χ3v) is 4.57. The van der Waals surface area contributed by atoms with Crippen molar-refractivity contribution in [1.29, 1.82) is 0 Å². The molecular formula is C18H21N7O2. The van der Waals surface area contributed by atoms with Crippen molar-refractivity contribution in [2.75, 3.05) is 17.2 Å². The fraction of sp³-hybridized carbons (Fsp3) is 0.389. The van der Waals surface area contributed by atoms with Crippen molar-refractivity contribution < 1.29 is 4.92 Å². The van der Waals surface area contributed by atoms with Crippen molar-refractivity contribution in [3.05, 3.63) is 46.4 Å². The van der Waals surface area contributed by atoms with E-state index in [1.54, 1.807) is 0 Å². The number of fused-ring (bicyclic) bond motifs is 1. The van der Waals surface area contributed by atoms with E-state index >= 15 is 0 Å². The Morgan fingerprint density at radius 3 is 2.89 bits per heavy atom. The van der Waals surface area contributed by atoms with Gasteiger partial charge in [-0.05, 0) is 38.3 Å². The Morgan fingerprint density at radius 1 is 1.30 bits per heavy atom. The van der Waals surface area contributed by atoms with Gasteiger partial charge in [0.05, 0.1) is 16.0 Å². The van der Waals surface area contributed by atoms with Crippen LogP contribution in [0.2, 0.25) is 0 Å². The molecule has 9 heteroatoms. The molecule has 0 spiro atoms. The molecule has 1 aromatic carbocycles. The molecule has 1 saturated carbocycles. The lowest BCUT2D eigenvalue weighted by Crippen LogP contribution is -2.12. The zero-order valence-electron chi connectivity index (χ0n) is 15.1. The minimum Gasteiger partial charge on any atom is -0.361 e. The molecular weight excluding hydrogens is 346 g/mol. The normalized spacial score (nSPS) is 13.7. The number of hydrogen-bond acceptors (Lipinski definition) is 7. The average molecular weight is 367 g/mol. The van der Waals surface area contributed by atoms with Crippen LogP contribution in [0.4, 0.5) is 17.5 Å². The lowest BCUT2D eigenvalue weighted by atomic mass is 10.3. The van der Waals surface area contributed by atoms with Gasteiger partial charge in [0.1, 0.15) is 12.0 Å². The van der Waals surface area contributed by atoms with Gasteiger partial charge in [0, 0.05) is 19.1 Å². The molecule has 1 fully saturated rings. The summed E-state index contributed by atoms with van der Waals surface area (Å²) in [5, 5.41) is 17.4. The van der Waals surface area contributed by atoms with E-state index < -0.39 is 4.92 Å². The maximum atomic E-state index is 11.1. The van der Waals surface area contributed by atoms with Gasteiger partial charge in [-0.3, -0.25) is 10.1 Å². The van der Waals surface area contributed by atoms with Crippen LogP contribution in [0.1, 0.15) is 25.1 Å². The van der Waals surface area contributed by atoms with Gasteiger partial charge in [-0.15, -0.1) is 0 Å². The summed E-state index contributed by atoms with van der Waals surface area (Å²) in [5.41, 5.74) is 2.03. The minimum absolute atomic E-state index is 0.0899. The number of hydrogen-bond donors (Lipinski definition) is 2. The van der Waals surface area contributed by atoms with E-state index in [4.69, 9.17) is 0 Å². The second kappa shape index (κ2) is 7.18. The van der Waals surface area contributed by atoms with Gasteiger partial charge in [0.2, 0.25) is 11.8 Å². The number of aryl methyl sites for hydroxylation is 2. The van der Waals surface area contributed by atoms with E-state index in [0.29, 0.717) is 12.5 Å². The number of anilines is 2. The molecule has 1 aliphatic rings. The van der Waals surface area contributed by atoms with Gasteiger partial charge in [0.25, 0.3) is 0 Å². The van der Waals surface area contributed by atoms with Crippen molar-refractivity contribution in [3.63, 3.8) is 0 Å². The predicted octanol–water partition coefficient (Wildman–Crippen LogP) is 3.12. The first-order valence-electron chi connectivity index (χ1n) is 9.05. The van der Waals surface area contributed by atoms with Crippen molar-refractivity contribution >= 4 is 28.5 Å². The van der Waals surface area contributed by atoms with E-state index in [9.17, 15) is 10.1 Å². The van der Waals surface area contributed by atoms with Crippen LogP contribution in [-0.2, 0) is 6.54 Å². The summed E-state index contributed by atoms with van der Waals surface area (Å²) in [7, 11) is 0. The number of para-hydroxylation sites is 2. The predicted molar refractivity (Wildman–Crippen MR) is 103 cm³/mol. The zero-order chi connectivity index (χ0) is 18.8. The van der Waals surface area contributed by atoms with Crippen molar-refractivity contribution in [2.45, 2.75) is 38.8 Å². The van der Waals surface area contributed by atoms with Gasteiger partial charge in [-0.2, -0.15) is 4.98 Å². The Morgan fingerprint density at radius 2 is 2.11 bits per heavy atom. The first kappa shape index (κ1) is 17.2. The minimum atomic E-state index is -0.457. The quantitative estimate of drug-likeness (QED) is 0.357. The molecule has 3 aromatic rings. The Balaban J connectivity index is 1.38. The number of nitrogens with one attached hydrogen (secondary N) is 2. The zero-order valence-corrected chi connectivity index (χ0v) is 15.1. The highest BCUT2D eigenvalue weighted by atomic mass is 16.6. The molecule has 2 heterocycles. The fourth-order valence-electron chi connectivity index (χ4n) is 3.04.